The van der Waals surface area contributed by atoms with Crippen molar-refractivity contribution in [2.24, 2.45) is 43.9 Å². The van der Waals surface area contributed by atoms with Gasteiger partial charge in [-0.1, -0.05) is 169 Å². The molecule has 0 saturated carbocycles. The number of hydrogen-bond donors (Lipinski definition) is 2. The van der Waals surface area contributed by atoms with E-state index in [4.69, 9.17) is 83.1 Å². The smallest absolute Gasteiger partial charge is 1.00 e. The number of hydrogen-bond acceptors (Lipinski definition) is 16. The van der Waals surface area contributed by atoms with Gasteiger partial charge in [-0.2, -0.15) is 41.8 Å². The van der Waals surface area contributed by atoms with Crippen molar-refractivity contribution >= 4 is 51.6 Å². The Hall–Kier alpha value is -4.75. The summed E-state index contributed by atoms with van der Waals surface area (Å²) in [6.07, 6.45) is 2.56. The zero-order chi connectivity index (χ0) is 58.9. The van der Waals surface area contributed by atoms with Crippen LogP contribution in [0.1, 0.15) is 84.5 Å². The average molecular weight is 1240 g/mol. The fourth-order valence-corrected chi connectivity index (χ4v) is 5.39. The molecule has 4 aromatic rings. The number of alkyl halides is 2. The number of rotatable bonds is 19. The number of halogens is 2. The van der Waals surface area contributed by atoms with Gasteiger partial charge in [-0.05, 0) is 67.7 Å². The predicted octanol–water partition coefficient (Wildman–Crippen LogP) is 8.38. The van der Waals surface area contributed by atoms with Gasteiger partial charge >= 0.3 is 18.9 Å². The molecule has 0 spiro atoms. The minimum absolute atomic E-state index is 0. The fourth-order valence-electron chi connectivity index (χ4n) is 5.31. The molecule has 0 bridgehead atoms. The van der Waals surface area contributed by atoms with Gasteiger partial charge in [-0.15, -0.1) is 0 Å². The number of benzene rings is 4. The molecule has 20 heteroatoms. The molecule has 0 radical (unpaired) electrons. The molecule has 0 aliphatic carbocycles. The molecular formula is C60H88AlClILiN10O6. The van der Waals surface area contributed by atoms with Gasteiger partial charge in [-0.3, -0.25) is 0 Å². The van der Waals surface area contributed by atoms with Crippen molar-refractivity contribution in [2.45, 2.75) is 87.2 Å². The van der Waals surface area contributed by atoms with Crippen LogP contribution in [0.4, 0.5) is 0 Å². The molecule has 2 heterocycles. The second-order valence-corrected chi connectivity index (χ2v) is 17.9. The van der Waals surface area contributed by atoms with E-state index in [1.54, 1.807) is 38.1 Å². The third kappa shape index (κ3) is 51.4. The minimum atomic E-state index is -1.05. The van der Waals surface area contributed by atoms with Crippen molar-refractivity contribution in [1.29, 1.82) is 31.6 Å². The maximum atomic E-state index is 8.73. The monoisotopic (exact) mass is 1240 g/mol. The molecule has 0 unspecified atom stereocenters. The maximum Gasteiger partial charge on any atom is 1.00 e. The summed E-state index contributed by atoms with van der Waals surface area (Å²) in [6, 6.07) is 50.8. The van der Waals surface area contributed by atoms with E-state index in [2.05, 4.69) is 51.9 Å². The van der Waals surface area contributed by atoms with E-state index in [1.165, 1.54) is 24.0 Å². The van der Waals surface area contributed by atoms with Crippen molar-refractivity contribution in [1.82, 2.24) is 0 Å². The number of nitrogens with two attached hydrogens (primary N) is 2. The van der Waals surface area contributed by atoms with Crippen molar-refractivity contribution < 1.29 is 48.7 Å². The molecule has 0 amide bonds. The summed E-state index contributed by atoms with van der Waals surface area (Å²) < 4.78 is 31.4. The van der Waals surface area contributed by atoms with Crippen LogP contribution in [0.15, 0.2) is 132 Å². The standard InChI is InChI=1S/C12H16N2O.C12H20N2O.C12H12N2O.C8H9ClO.C4H4N2.C4H8O.C4H10O.C3H2N2.CH3I.Al.Li.4H/c1-12(8-13-14-9-12)10-15-7-11-5-3-2-4-6-11;2*1-12(8-13,9-14)10-15-7-11-5-3-2-4-6-11;9-7-10-6-8-4-2-1-3-5-8;1-4(2-5)3-6;1-2-4-5-3-1;1-3-5-4-2;4-2-1-3-5;1-2;;;;;;/h2-6H,7-10H2,1H3;2-6H,7-10,13-14H2,1H3;2-6H,7,10H2,1H3;1-5H,6-7H2;4H,1H3;1-4H2;3-4H2,1-2H3;1H2;1H3;;;;;;/q;;;;;;;;;;+1;;;;-1. The molecule has 1 fully saturated rings. The molecule has 2 aliphatic rings. The first kappa shape index (κ1) is 84.1. The largest absolute Gasteiger partial charge is 1.00 e. The second kappa shape index (κ2) is 60.3. The Kier molecular flexibility index (Phi) is 63.4. The Bertz CT molecular complexity index is 2200. The quantitative estimate of drug-likeness (QED) is 0.0507. The summed E-state index contributed by atoms with van der Waals surface area (Å²) in [5.41, 5.74) is 14.8. The Morgan fingerprint density at radius 2 is 0.975 bits per heavy atom. The summed E-state index contributed by atoms with van der Waals surface area (Å²) in [4.78, 5) is 1.97. The summed E-state index contributed by atoms with van der Waals surface area (Å²) in [5.74, 6) is -0.454. The van der Waals surface area contributed by atoms with Crippen LogP contribution in [-0.4, -0.2) is 101 Å². The Morgan fingerprint density at radius 3 is 1.23 bits per heavy atom. The van der Waals surface area contributed by atoms with Crippen LogP contribution in [0, 0.1) is 90.1 Å². The molecular weight excluding hydrogens is 1150 g/mol. The zero-order valence-electron chi connectivity index (χ0n) is 49.0. The van der Waals surface area contributed by atoms with Gasteiger partial charge in [0.2, 0.25) is 0 Å². The molecule has 16 nitrogen and oxygen atoms in total. The summed E-state index contributed by atoms with van der Waals surface area (Å²) in [5, 5.41) is 56.4. The third-order valence-electron chi connectivity index (χ3n) is 10.1. The topological polar surface area (TPSA) is 275 Å². The van der Waals surface area contributed by atoms with Crippen molar-refractivity contribution in [2.75, 3.05) is 83.4 Å². The molecule has 2 aliphatic heterocycles. The SMILES string of the molecule is C1CCOC1.CC(C#N)(C#N)COCc1ccccc1.CC(C#N)C#N.CC(CN)(CN)COCc1ccccc1.CC1(COCc2ccccc2)CN=NC1.CCOCC.CI.ClCOCc1ccccc1.N#CCC#N.[AlH3].[H-].[Li+]. The Morgan fingerprint density at radius 1 is 0.625 bits per heavy atom. The second-order valence-electron chi connectivity index (χ2n) is 17.6. The number of ether oxygens (including phenoxy) is 6. The Labute approximate surface area is 522 Å². The van der Waals surface area contributed by atoms with Crippen LogP contribution in [0.5, 0.6) is 0 Å². The maximum absolute atomic E-state index is 8.73. The van der Waals surface area contributed by atoms with E-state index in [0.29, 0.717) is 46.1 Å². The first-order valence-corrected chi connectivity index (χ1v) is 28.1. The first-order valence-electron chi connectivity index (χ1n) is 25.4. The van der Waals surface area contributed by atoms with E-state index >= 15 is 0 Å². The van der Waals surface area contributed by atoms with Gasteiger partial charge in [-0.25, -0.2) is 0 Å². The predicted molar refractivity (Wildman–Crippen MR) is 328 cm³/mol. The summed E-state index contributed by atoms with van der Waals surface area (Å²) in [6.45, 7) is 21.5. The van der Waals surface area contributed by atoms with Crippen LogP contribution in [0.3, 0.4) is 0 Å². The van der Waals surface area contributed by atoms with E-state index < -0.39 is 11.3 Å². The van der Waals surface area contributed by atoms with Gasteiger partial charge in [0, 0.05) is 50.3 Å². The summed E-state index contributed by atoms with van der Waals surface area (Å²) in [7, 11) is 0. The summed E-state index contributed by atoms with van der Waals surface area (Å²) >= 11 is 7.48. The fraction of sp³-hybridized carbons (Fsp3) is 0.500. The van der Waals surface area contributed by atoms with Gasteiger partial charge < -0.3 is 41.3 Å². The van der Waals surface area contributed by atoms with Crippen LogP contribution >= 0.6 is 34.2 Å². The van der Waals surface area contributed by atoms with Crippen molar-refractivity contribution in [3.63, 3.8) is 0 Å². The minimum Gasteiger partial charge on any atom is -1.00 e. The van der Waals surface area contributed by atoms with Crippen molar-refractivity contribution in [3.05, 3.63) is 144 Å². The van der Waals surface area contributed by atoms with Gasteiger partial charge in [0.05, 0.1) is 95.8 Å². The molecule has 0 aromatic heterocycles. The van der Waals surface area contributed by atoms with Crippen LogP contribution in [-0.2, 0) is 54.8 Å². The van der Waals surface area contributed by atoms with Crippen LogP contribution in [0.25, 0.3) is 0 Å². The molecule has 432 valence electrons. The Balaban J connectivity index is -0.000000204. The normalized spacial score (nSPS) is 11.6. The van der Waals surface area contributed by atoms with E-state index in [-0.39, 0.29) is 67.6 Å². The zero-order valence-corrected chi connectivity index (χ0v) is 50.9. The number of nitrogens with zero attached hydrogens (tertiary/aromatic N) is 8. The molecule has 1 saturated heterocycles. The first-order chi connectivity index (χ1) is 37.8. The molecule has 4 aromatic carbocycles. The molecule has 6 rings (SSSR count). The van der Waals surface area contributed by atoms with Gasteiger partial charge in [0.1, 0.15) is 18.4 Å². The van der Waals surface area contributed by atoms with Gasteiger partial charge in [0.25, 0.3) is 0 Å². The van der Waals surface area contributed by atoms with Crippen LogP contribution in [0.2, 0.25) is 0 Å². The third-order valence-corrected chi connectivity index (χ3v) is 10.2. The molecule has 80 heavy (non-hydrogen) atoms. The van der Waals surface area contributed by atoms with Gasteiger partial charge in [0.15, 0.2) is 22.8 Å². The molecule has 0 atom stereocenters. The average Bonchev–Trinajstić information content (AvgIpc) is 4.24. The van der Waals surface area contributed by atoms with E-state index in [9.17, 15) is 0 Å². The number of nitriles is 6. The van der Waals surface area contributed by atoms with Crippen LogP contribution < -0.4 is 30.3 Å². The van der Waals surface area contributed by atoms with E-state index in [0.717, 1.165) is 57.3 Å². The van der Waals surface area contributed by atoms with Crippen molar-refractivity contribution in [3.8, 4) is 36.4 Å². The van der Waals surface area contributed by atoms with E-state index in [1.807, 2.05) is 147 Å². The number of azo groups is 1. The molecule has 4 N–H and O–H groups in total.